The maximum Gasteiger partial charge on any atom is 0.573 e. The van der Waals surface area contributed by atoms with E-state index in [1.807, 2.05) is 20.8 Å². The number of hydrogen-bond acceptors (Lipinski definition) is 4. The molecule has 10 heteroatoms. The second-order valence-corrected chi connectivity index (χ2v) is 8.01. The van der Waals surface area contributed by atoms with Crippen LogP contribution in [0.25, 0.3) is 16.9 Å². The Hall–Kier alpha value is -3.17. The minimum Gasteiger partial charge on any atom is -0.403 e. The number of imidazole rings is 1. The highest BCUT2D eigenvalue weighted by Gasteiger charge is 2.32. The molecule has 1 N–H and O–H groups in total. The van der Waals surface area contributed by atoms with E-state index in [1.165, 1.54) is 10.6 Å². The number of nitrogens with one attached hydrogen (secondary N) is 1. The van der Waals surface area contributed by atoms with Crippen LogP contribution in [0.2, 0.25) is 0 Å². The smallest absolute Gasteiger partial charge is 0.403 e. The van der Waals surface area contributed by atoms with Crippen molar-refractivity contribution in [1.29, 1.82) is 0 Å². The van der Waals surface area contributed by atoms with Crippen LogP contribution in [0.1, 0.15) is 32.9 Å². The SMILES string of the molecule is Cc1ccc2nc(NC(=O)CC(C)(C)C)n(-c3ccc(OC(F)(F)F)c(F)c3)c2n1. The first-order valence-electron chi connectivity index (χ1n) is 9.04. The van der Waals surface area contributed by atoms with Gasteiger partial charge in [-0.3, -0.25) is 14.7 Å². The number of hydrogen-bond donors (Lipinski definition) is 1. The Balaban J connectivity index is 2.08. The monoisotopic (exact) mass is 424 g/mol. The minimum atomic E-state index is -5.02. The number of fused-ring (bicyclic) bond motifs is 1. The van der Waals surface area contributed by atoms with Crippen LogP contribution in [0.3, 0.4) is 0 Å². The number of pyridine rings is 1. The number of carbonyl (C=O) groups is 1. The molecule has 2 heterocycles. The number of aromatic nitrogens is 3. The van der Waals surface area contributed by atoms with E-state index in [1.54, 1.807) is 19.1 Å². The zero-order valence-corrected chi connectivity index (χ0v) is 16.8. The number of alkyl halides is 3. The van der Waals surface area contributed by atoms with Crippen molar-refractivity contribution in [3.8, 4) is 11.4 Å². The Morgan fingerprint density at radius 2 is 1.83 bits per heavy atom. The predicted octanol–water partition coefficient (Wildman–Crippen LogP) is 5.14. The lowest BCUT2D eigenvalue weighted by Gasteiger charge is -2.17. The molecule has 1 amide bonds. The normalized spacial score (nSPS) is 12.3. The summed E-state index contributed by atoms with van der Waals surface area (Å²) in [5, 5.41) is 2.69. The molecule has 0 aliphatic rings. The van der Waals surface area contributed by atoms with E-state index >= 15 is 0 Å². The van der Waals surface area contributed by atoms with E-state index < -0.39 is 17.9 Å². The second-order valence-electron chi connectivity index (χ2n) is 8.01. The summed E-state index contributed by atoms with van der Waals surface area (Å²) in [7, 11) is 0. The van der Waals surface area contributed by atoms with Crippen LogP contribution in [0.4, 0.5) is 23.5 Å². The molecule has 0 aliphatic heterocycles. The largest absolute Gasteiger partial charge is 0.573 e. The molecule has 0 saturated carbocycles. The van der Waals surface area contributed by atoms with Crippen LogP contribution in [0, 0.1) is 18.2 Å². The van der Waals surface area contributed by atoms with E-state index in [0.29, 0.717) is 16.9 Å². The van der Waals surface area contributed by atoms with Crippen LogP contribution in [0.5, 0.6) is 5.75 Å². The third-order valence-corrected chi connectivity index (χ3v) is 3.99. The van der Waals surface area contributed by atoms with Crippen LogP contribution in [-0.2, 0) is 4.79 Å². The van der Waals surface area contributed by atoms with Crippen LogP contribution in [0.15, 0.2) is 30.3 Å². The lowest BCUT2D eigenvalue weighted by Crippen LogP contribution is -2.21. The highest BCUT2D eigenvalue weighted by atomic mass is 19.4. The van der Waals surface area contributed by atoms with Gasteiger partial charge in [-0.1, -0.05) is 20.8 Å². The molecule has 0 radical (unpaired) electrons. The molecule has 30 heavy (non-hydrogen) atoms. The summed E-state index contributed by atoms with van der Waals surface area (Å²) in [5.74, 6) is -2.40. The van der Waals surface area contributed by atoms with Crippen molar-refractivity contribution in [3.63, 3.8) is 0 Å². The fourth-order valence-electron chi connectivity index (χ4n) is 2.87. The molecule has 160 valence electrons. The van der Waals surface area contributed by atoms with Crippen molar-refractivity contribution in [1.82, 2.24) is 14.5 Å². The second kappa shape index (κ2) is 7.58. The summed E-state index contributed by atoms with van der Waals surface area (Å²) < 4.78 is 56.6. The average Bonchev–Trinajstić information content (AvgIpc) is 2.90. The number of nitrogens with zero attached hydrogens (tertiary/aromatic N) is 3. The van der Waals surface area contributed by atoms with Crippen molar-refractivity contribution in [3.05, 3.63) is 41.8 Å². The lowest BCUT2D eigenvalue weighted by atomic mass is 9.92. The first-order chi connectivity index (χ1) is 13.8. The van der Waals surface area contributed by atoms with Gasteiger partial charge in [0.15, 0.2) is 17.2 Å². The van der Waals surface area contributed by atoms with Gasteiger partial charge in [-0.2, -0.15) is 0 Å². The lowest BCUT2D eigenvalue weighted by molar-refractivity contribution is -0.275. The molecule has 2 aromatic heterocycles. The average molecular weight is 424 g/mol. The Morgan fingerprint density at radius 3 is 2.43 bits per heavy atom. The van der Waals surface area contributed by atoms with E-state index in [0.717, 1.165) is 12.1 Å². The molecule has 0 unspecified atom stereocenters. The highest BCUT2D eigenvalue weighted by molar-refractivity contribution is 5.92. The van der Waals surface area contributed by atoms with Gasteiger partial charge in [0.1, 0.15) is 5.52 Å². The van der Waals surface area contributed by atoms with Gasteiger partial charge >= 0.3 is 6.36 Å². The Labute approximate surface area is 169 Å². The quantitative estimate of drug-likeness (QED) is 0.589. The fraction of sp³-hybridized carbons (Fsp3) is 0.350. The fourth-order valence-corrected chi connectivity index (χ4v) is 2.87. The topological polar surface area (TPSA) is 69.0 Å². The maximum atomic E-state index is 14.3. The number of ether oxygens (including phenoxy) is 1. The number of benzene rings is 1. The molecule has 6 nitrogen and oxygen atoms in total. The van der Waals surface area contributed by atoms with E-state index in [4.69, 9.17) is 0 Å². The van der Waals surface area contributed by atoms with Gasteiger partial charge in [0, 0.05) is 18.2 Å². The summed E-state index contributed by atoms with van der Waals surface area (Å²) in [6.07, 6.45) is -4.82. The first-order valence-corrected chi connectivity index (χ1v) is 9.04. The third-order valence-electron chi connectivity index (χ3n) is 3.99. The number of amides is 1. The zero-order valence-electron chi connectivity index (χ0n) is 16.8. The molecule has 1 aromatic carbocycles. The molecule has 0 bridgehead atoms. The number of halogens is 4. The number of aryl methyl sites for hydroxylation is 1. The number of rotatable bonds is 4. The zero-order chi connectivity index (χ0) is 22.3. The van der Waals surface area contributed by atoms with E-state index in [2.05, 4.69) is 20.0 Å². The summed E-state index contributed by atoms with van der Waals surface area (Å²) in [4.78, 5) is 21.2. The van der Waals surface area contributed by atoms with Gasteiger partial charge in [0.05, 0.1) is 5.69 Å². The predicted molar refractivity (Wildman–Crippen MR) is 103 cm³/mol. The minimum absolute atomic E-state index is 0.0845. The first kappa shape index (κ1) is 21.5. The van der Waals surface area contributed by atoms with Gasteiger partial charge in [0.25, 0.3) is 0 Å². The van der Waals surface area contributed by atoms with Gasteiger partial charge in [-0.05, 0) is 36.6 Å². The van der Waals surface area contributed by atoms with Gasteiger partial charge < -0.3 is 4.74 Å². The molecular weight excluding hydrogens is 404 g/mol. The molecule has 0 aliphatic carbocycles. The molecular formula is C20H20F4N4O2. The van der Waals surface area contributed by atoms with Gasteiger partial charge in [-0.25, -0.2) is 14.4 Å². The molecule has 3 aromatic rings. The molecule has 3 rings (SSSR count). The van der Waals surface area contributed by atoms with Crippen LogP contribution < -0.4 is 10.1 Å². The van der Waals surface area contributed by atoms with Crippen molar-refractivity contribution in [2.24, 2.45) is 5.41 Å². The Kier molecular flexibility index (Phi) is 5.44. The summed E-state index contributed by atoms with van der Waals surface area (Å²) in [6, 6.07) is 6.37. The summed E-state index contributed by atoms with van der Waals surface area (Å²) in [6.45, 7) is 7.44. The van der Waals surface area contributed by atoms with Crippen LogP contribution >= 0.6 is 0 Å². The molecule has 0 atom stereocenters. The summed E-state index contributed by atoms with van der Waals surface area (Å²) >= 11 is 0. The molecule has 0 saturated heterocycles. The van der Waals surface area contributed by atoms with Gasteiger partial charge in [-0.15, -0.1) is 13.2 Å². The van der Waals surface area contributed by atoms with Crippen LogP contribution in [-0.4, -0.2) is 26.8 Å². The Bertz CT molecular complexity index is 1100. The standard InChI is InChI=1S/C20H20F4N4O2/c1-11-5-7-14-17(25-11)28(18(26-14)27-16(29)10-19(2,3)4)12-6-8-15(13(21)9-12)30-20(22,23)24/h5-9H,10H2,1-4H3,(H,26,27,29). The summed E-state index contributed by atoms with van der Waals surface area (Å²) in [5.41, 5.74) is 1.26. The van der Waals surface area contributed by atoms with Crippen molar-refractivity contribution >= 4 is 23.0 Å². The van der Waals surface area contributed by atoms with Crippen molar-refractivity contribution < 1.29 is 27.1 Å². The van der Waals surface area contributed by atoms with Gasteiger partial charge in [0.2, 0.25) is 11.9 Å². The van der Waals surface area contributed by atoms with E-state index in [-0.39, 0.29) is 29.4 Å². The van der Waals surface area contributed by atoms with Crippen molar-refractivity contribution in [2.45, 2.75) is 40.5 Å². The highest BCUT2D eigenvalue weighted by Crippen LogP contribution is 2.30. The maximum absolute atomic E-state index is 14.3. The number of anilines is 1. The van der Waals surface area contributed by atoms with E-state index in [9.17, 15) is 22.4 Å². The molecule has 0 spiro atoms. The third kappa shape index (κ3) is 5.05. The van der Waals surface area contributed by atoms with Crippen molar-refractivity contribution in [2.75, 3.05) is 5.32 Å². The Morgan fingerprint density at radius 1 is 1.13 bits per heavy atom. The number of carbonyl (C=O) groups excluding carboxylic acids is 1. The molecule has 0 fully saturated rings.